The van der Waals surface area contributed by atoms with Gasteiger partial charge in [0.05, 0.1) is 10.9 Å². The third kappa shape index (κ3) is 10.7. The fourth-order valence-electron chi connectivity index (χ4n) is 7.65. The molecule has 4 rings (SSSR count). The van der Waals surface area contributed by atoms with Crippen molar-refractivity contribution >= 4 is 39.6 Å². The van der Waals surface area contributed by atoms with Crippen LogP contribution in [0.3, 0.4) is 0 Å². The molecule has 3 N–H and O–H groups in total. The van der Waals surface area contributed by atoms with Gasteiger partial charge in [0.15, 0.2) is 15.9 Å². The van der Waals surface area contributed by atoms with Crippen LogP contribution in [0.25, 0.3) is 0 Å². The van der Waals surface area contributed by atoms with Crippen LogP contribution in [0.1, 0.15) is 111 Å². The number of nitrogens with one attached hydrogen (secondary N) is 3. The molecular formula is C38H58N4O9S. The molecule has 0 spiro atoms. The van der Waals surface area contributed by atoms with Crippen molar-refractivity contribution in [2.45, 2.75) is 147 Å². The van der Waals surface area contributed by atoms with Crippen LogP contribution in [-0.4, -0.2) is 85.4 Å². The third-order valence-corrected chi connectivity index (χ3v) is 12.1. The van der Waals surface area contributed by atoms with Gasteiger partial charge in [-0.2, -0.15) is 0 Å². The van der Waals surface area contributed by atoms with E-state index in [1.165, 1.54) is 12.1 Å². The summed E-state index contributed by atoms with van der Waals surface area (Å²) in [6, 6.07) is 3.45. The Balaban J connectivity index is 1.61. The number of amides is 4. The number of nitrogens with zero attached hydrogens (tertiary/aromatic N) is 1. The maximum absolute atomic E-state index is 14.4. The van der Waals surface area contributed by atoms with E-state index in [0.717, 1.165) is 57.4 Å². The van der Waals surface area contributed by atoms with Crippen molar-refractivity contribution in [3.05, 3.63) is 29.8 Å². The van der Waals surface area contributed by atoms with E-state index in [9.17, 15) is 32.4 Å². The predicted octanol–water partition coefficient (Wildman–Crippen LogP) is 4.55. The van der Waals surface area contributed by atoms with Gasteiger partial charge in [-0.05, 0) is 69.9 Å². The van der Waals surface area contributed by atoms with Crippen LogP contribution < -0.4 is 16.0 Å². The van der Waals surface area contributed by atoms with Gasteiger partial charge in [0, 0.05) is 13.5 Å². The Bertz CT molecular complexity index is 1570. The molecule has 13 nitrogen and oxygen atoms in total. The number of aryl methyl sites for hydroxylation is 1. The van der Waals surface area contributed by atoms with Crippen LogP contribution in [0.15, 0.2) is 29.2 Å². The molecule has 0 radical (unpaired) electrons. The van der Waals surface area contributed by atoms with E-state index in [0.29, 0.717) is 19.4 Å². The van der Waals surface area contributed by atoms with Crippen LogP contribution >= 0.6 is 0 Å². The van der Waals surface area contributed by atoms with Crippen LogP contribution in [0.5, 0.6) is 0 Å². The highest BCUT2D eigenvalue weighted by atomic mass is 32.2. The first-order valence-electron chi connectivity index (χ1n) is 18.7. The van der Waals surface area contributed by atoms with E-state index >= 15 is 0 Å². The average Bonchev–Trinajstić information content (AvgIpc) is 3.35. The quantitative estimate of drug-likeness (QED) is 0.338. The molecule has 1 saturated carbocycles. The Kier molecular flexibility index (Phi) is 13.4. The van der Waals surface area contributed by atoms with Crippen LogP contribution in [0, 0.1) is 24.2 Å². The van der Waals surface area contributed by atoms with Gasteiger partial charge >= 0.3 is 12.1 Å². The molecule has 2 heterocycles. The molecule has 0 bridgehead atoms. The molecule has 1 aromatic carbocycles. The monoisotopic (exact) mass is 746 g/mol. The number of piperidine rings is 1. The lowest BCUT2D eigenvalue weighted by Crippen LogP contribution is -2.59. The zero-order valence-corrected chi connectivity index (χ0v) is 32.6. The first-order chi connectivity index (χ1) is 24.3. The third-order valence-electron chi connectivity index (χ3n) is 10.6. The average molecular weight is 747 g/mol. The topological polar surface area (TPSA) is 177 Å². The lowest BCUT2D eigenvalue weighted by atomic mass is 9.97. The highest BCUT2D eigenvalue weighted by molar-refractivity contribution is 7.91. The molecule has 2 aliphatic heterocycles. The molecule has 6 atom stereocenters. The largest absolute Gasteiger partial charge is 0.450 e. The number of carbonyl (C=O) groups excluding carboxylic acids is 5. The lowest BCUT2D eigenvalue weighted by molar-refractivity contribution is -0.157. The normalized spacial score (nSPS) is 26.4. The Morgan fingerprint density at radius 1 is 0.962 bits per heavy atom. The van der Waals surface area contributed by atoms with E-state index in [1.54, 1.807) is 37.8 Å². The Labute approximate surface area is 308 Å². The van der Waals surface area contributed by atoms with Gasteiger partial charge in [-0.3, -0.25) is 19.2 Å². The van der Waals surface area contributed by atoms with E-state index in [2.05, 4.69) is 29.8 Å². The number of benzene rings is 1. The fraction of sp³-hybridized carbons (Fsp3) is 0.711. The summed E-state index contributed by atoms with van der Waals surface area (Å²) in [6.07, 6.45) is 5.37. The van der Waals surface area contributed by atoms with Gasteiger partial charge < -0.3 is 30.3 Å². The van der Waals surface area contributed by atoms with Crippen molar-refractivity contribution in [2.24, 2.45) is 17.3 Å². The van der Waals surface area contributed by atoms with Crippen LogP contribution in [-0.2, 0) is 38.5 Å². The van der Waals surface area contributed by atoms with E-state index in [-0.39, 0.29) is 34.5 Å². The zero-order valence-electron chi connectivity index (χ0n) is 31.8. The number of hydrogen-bond acceptors (Lipinski definition) is 9. The number of alkyl carbamates (subject to hydrolysis) is 1. The standard InChI is InChI=1S/C38H58N4O9S/c1-24-18-20-26(21-19-24)52(48,49)23-39-34(45)32(50-25(2)43)28-16-14-12-10-8-9-11-13-15-17-29(41-36(47)51-37(3,4)5)35(46)42-22-27-30(38(27,6)7)31(42)33(44)40-28/h18-21,27-32H,8-17,22-23H2,1-7H3,(H,39,45)(H,40,44)(H,41,47)/t27?,28-,29-,30-,31?,32?/m0/s1. The summed E-state index contributed by atoms with van der Waals surface area (Å²) in [7, 11) is -3.92. The van der Waals surface area contributed by atoms with Crippen LogP contribution in [0.2, 0.25) is 0 Å². The first-order valence-corrected chi connectivity index (χ1v) is 20.3. The second kappa shape index (κ2) is 17.0. The summed E-state index contributed by atoms with van der Waals surface area (Å²) in [5.74, 6) is -3.33. The van der Waals surface area contributed by atoms with Gasteiger partial charge in [0.2, 0.25) is 11.8 Å². The van der Waals surface area contributed by atoms with Crippen molar-refractivity contribution in [1.82, 2.24) is 20.9 Å². The summed E-state index contributed by atoms with van der Waals surface area (Å²) >= 11 is 0. The predicted molar refractivity (Wildman–Crippen MR) is 194 cm³/mol. The number of sulfone groups is 1. The molecular weight excluding hydrogens is 689 g/mol. The number of ether oxygens (including phenoxy) is 2. The molecule has 4 amide bonds. The minimum absolute atomic E-state index is 0.0308. The summed E-state index contributed by atoms with van der Waals surface area (Å²) in [5, 5.41) is 8.18. The number of carbonyl (C=O) groups is 5. The number of rotatable bonds is 7. The zero-order chi connectivity index (χ0) is 38.4. The van der Waals surface area contributed by atoms with Gasteiger partial charge in [-0.15, -0.1) is 0 Å². The number of fused-ring (bicyclic) bond motifs is 3. The first kappa shape index (κ1) is 41.1. The molecule has 2 saturated heterocycles. The van der Waals surface area contributed by atoms with Crippen molar-refractivity contribution in [3.63, 3.8) is 0 Å². The van der Waals surface area contributed by atoms with Crippen molar-refractivity contribution < 1.29 is 41.9 Å². The van der Waals surface area contributed by atoms with Crippen LogP contribution in [0.4, 0.5) is 4.79 Å². The summed E-state index contributed by atoms with van der Waals surface area (Å²) < 4.78 is 37.1. The number of esters is 1. The summed E-state index contributed by atoms with van der Waals surface area (Å²) in [4.78, 5) is 69.2. The Morgan fingerprint density at radius 2 is 1.54 bits per heavy atom. The van der Waals surface area contributed by atoms with Gasteiger partial charge in [-0.25, -0.2) is 13.2 Å². The summed E-state index contributed by atoms with van der Waals surface area (Å²) in [5.41, 5.74) is -0.114. The second-order valence-electron chi connectivity index (χ2n) is 16.3. The van der Waals surface area contributed by atoms with E-state index in [4.69, 9.17) is 9.47 Å². The van der Waals surface area contributed by atoms with Crippen molar-refractivity contribution in [1.29, 1.82) is 0 Å². The molecule has 3 aliphatic rings. The smallest absolute Gasteiger partial charge is 0.408 e. The number of hydrogen-bond donors (Lipinski definition) is 3. The maximum Gasteiger partial charge on any atom is 0.408 e. The lowest BCUT2D eigenvalue weighted by Gasteiger charge is -2.35. The molecule has 1 aromatic rings. The highest BCUT2D eigenvalue weighted by Crippen LogP contribution is 2.65. The fourth-order valence-corrected chi connectivity index (χ4v) is 8.70. The highest BCUT2D eigenvalue weighted by Gasteiger charge is 2.69. The molecule has 0 aromatic heterocycles. The van der Waals surface area contributed by atoms with Crippen molar-refractivity contribution in [2.75, 3.05) is 12.4 Å². The Morgan fingerprint density at radius 3 is 2.12 bits per heavy atom. The molecule has 1 aliphatic carbocycles. The molecule has 52 heavy (non-hydrogen) atoms. The summed E-state index contributed by atoms with van der Waals surface area (Å²) in [6.45, 7) is 12.7. The molecule has 3 fully saturated rings. The molecule has 14 heteroatoms. The second-order valence-corrected chi connectivity index (χ2v) is 18.2. The van der Waals surface area contributed by atoms with Gasteiger partial charge in [-0.1, -0.05) is 82.9 Å². The van der Waals surface area contributed by atoms with E-state index < -0.39 is 69.4 Å². The SMILES string of the molecule is CC(=O)OC(C(=O)NCS(=O)(=O)c1ccc(C)cc1)[C@@H]1CCCCCCCCCC[C@H](NC(=O)OC(C)(C)C)C(=O)N2CC3[C@@H](C2C(=O)N1)C3(C)C. The Hall–Kier alpha value is -3.68. The van der Waals surface area contributed by atoms with Crippen molar-refractivity contribution in [3.8, 4) is 0 Å². The maximum atomic E-state index is 14.4. The minimum Gasteiger partial charge on any atom is -0.450 e. The van der Waals surface area contributed by atoms with E-state index in [1.807, 2.05) is 6.92 Å². The van der Waals surface area contributed by atoms with Gasteiger partial charge in [0.25, 0.3) is 5.91 Å². The van der Waals surface area contributed by atoms with Gasteiger partial charge in [0.1, 0.15) is 23.6 Å². The molecule has 3 unspecified atom stereocenters. The molecule has 290 valence electrons. The minimum atomic E-state index is -3.92.